The Morgan fingerprint density at radius 2 is 2.16 bits per heavy atom. The highest BCUT2D eigenvalue weighted by Gasteiger charge is 2.35. The first-order valence-corrected chi connectivity index (χ1v) is 6.70. The number of hydrogen-bond acceptors (Lipinski definition) is 3. The van der Waals surface area contributed by atoms with Gasteiger partial charge >= 0.3 is 0 Å². The number of ether oxygens (including phenoxy) is 1. The fraction of sp³-hybridized carbons (Fsp3) is 0.467. The molecule has 1 aromatic rings. The van der Waals surface area contributed by atoms with Crippen LogP contribution < -0.4 is 4.74 Å². The van der Waals surface area contributed by atoms with Gasteiger partial charge in [0.15, 0.2) is 0 Å². The van der Waals surface area contributed by atoms with E-state index in [1.54, 1.807) is 0 Å². The first-order chi connectivity index (χ1) is 9.16. The number of nitrogens with zero attached hydrogens (tertiary/aromatic N) is 1. The van der Waals surface area contributed by atoms with Gasteiger partial charge in [0.05, 0.1) is 0 Å². The Balaban J connectivity index is 1.77. The predicted octanol–water partition coefficient (Wildman–Crippen LogP) is 1.60. The molecule has 2 aliphatic heterocycles. The Kier molecular flexibility index (Phi) is 3.01. The number of carbonyl (C=O) groups is 2. The summed E-state index contributed by atoms with van der Waals surface area (Å²) in [7, 11) is 0. The Morgan fingerprint density at radius 3 is 2.95 bits per heavy atom. The molecule has 1 fully saturated rings. The van der Waals surface area contributed by atoms with Gasteiger partial charge in [0, 0.05) is 31.0 Å². The highest BCUT2D eigenvalue weighted by Crippen LogP contribution is 2.35. The number of para-hydroxylation sites is 1. The summed E-state index contributed by atoms with van der Waals surface area (Å²) in [6.07, 6.45) is 0.474. The SMILES string of the molecule is CC1CN(C(=O)C2COc3ccccc32)CCC1=O. The van der Waals surface area contributed by atoms with Crippen molar-refractivity contribution in [3.8, 4) is 5.75 Å². The molecule has 2 aliphatic rings. The largest absolute Gasteiger partial charge is 0.492 e. The molecule has 100 valence electrons. The van der Waals surface area contributed by atoms with Crippen molar-refractivity contribution in [3.05, 3.63) is 29.8 Å². The topological polar surface area (TPSA) is 46.6 Å². The minimum absolute atomic E-state index is 0.0461. The van der Waals surface area contributed by atoms with Gasteiger partial charge < -0.3 is 9.64 Å². The highest BCUT2D eigenvalue weighted by molar-refractivity contribution is 5.89. The van der Waals surface area contributed by atoms with Crippen molar-refractivity contribution >= 4 is 11.7 Å². The first-order valence-electron chi connectivity index (χ1n) is 6.70. The van der Waals surface area contributed by atoms with E-state index in [0.717, 1.165) is 11.3 Å². The average molecular weight is 259 g/mol. The normalized spacial score (nSPS) is 25.9. The maximum absolute atomic E-state index is 12.5. The Hall–Kier alpha value is -1.84. The molecule has 0 aliphatic carbocycles. The summed E-state index contributed by atoms with van der Waals surface area (Å²) in [5, 5.41) is 0. The molecule has 0 saturated carbocycles. The number of hydrogen-bond donors (Lipinski definition) is 0. The molecule has 4 nitrogen and oxygen atoms in total. The van der Waals surface area contributed by atoms with Gasteiger partial charge in [0.25, 0.3) is 0 Å². The van der Waals surface area contributed by atoms with Gasteiger partial charge in [-0.2, -0.15) is 0 Å². The number of Topliss-reactive ketones (excluding diaryl/α,β-unsaturated/α-hetero) is 1. The number of piperidine rings is 1. The monoisotopic (exact) mass is 259 g/mol. The number of amides is 1. The number of ketones is 1. The summed E-state index contributed by atoms with van der Waals surface area (Å²) < 4.78 is 5.56. The number of fused-ring (bicyclic) bond motifs is 1. The molecule has 2 heterocycles. The summed E-state index contributed by atoms with van der Waals surface area (Å²) in [5.41, 5.74) is 0.969. The molecule has 2 atom stereocenters. The predicted molar refractivity (Wildman–Crippen MR) is 70.0 cm³/mol. The molecule has 0 spiro atoms. The van der Waals surface area contributed by atoms with Crippen molar-refractivity contribution in [2.75, 3.05) is 19.7 Å². The summed E-state index contributed by atoms with van der Waals surface area (Å²) >= 11 is 0. The van der Waals surface area contributed by atoms with E-state index in [1.807, 2.05) is 36.1 Å². The van der Waals surface area contributed by atoms with Gasteiger partial charge in [-0.15, -0.1) is 0 Å². The average Bonchev–Trinajstić information content (AvgIpc) is 2.85. The molecule has 3 rings (SSSR count). The molecule has 0 aromatic heterocycles. The van der Waals surface area contributed by atoms with E-state index in [2.05, 4.69) is 0 Å². The Morgan fingerprint density at radius 1 is 1.37 bits per heavy atom. The van der Waals surface area contributed by atoms with Crippen LogP contribution in [0.4, 0.5) is 0 Å². The van der Waals surface area contributed by atoms with Crippen LogP contribution in [-0.4, -0.2) is 36.3 Å². The molecule has 0 radical (unpaired) electrons. The van der Waals surface area contributed by atoms with Crippen LogP contribution in [-0.2, 0) is 9.59 Å². The van der Waals surface area contributed by atoms with Crippen LogP contribution in [0, 0.1) is 5.92 Å². The van der Waals surface area contributed by atoms with Gasteiger partial charge in [0.2, 0.25) is 5.91 Å². The van der Waals surface area contributed by atoms with Gasteiger partial charge in [-0.05, 0) is 6.07 Å². The number of benzene rings is 1. The maximum Gasteiger partial charge on any atom is 0.233 e. The molecular weight excluding hydrogens is 242 g/mol. The third kappa shape index (κ3) is 2.11. The molecule has 4 heteroatoms. The van der Waals surface area contributed by atoms with Crippen LogP contribution >= 0.6 is 0 Å². The van der Waals surface area contributed by atoms with Crippen LogP contribution in [0.3, 0.4) is 0 Å². The van der Waals surface area contributed by atoms with Crippen LogP contribution in [0.15, 0.2) is 24.3 Å². The summed E-state index contributed by atoms with van der Waals surface area (Å²) in [4.78, 5) is 25.9. The van der Waals surface area contributed by atoms with Gasteiger partial charge in [-0.3, -0.25) is 9.59 Å². The van der Waals surface area contributed by atoms with E-state index in [4.69, 9.17) is 4.74 Å². The van der Waals surface area contributed by atoms with E-state index in [0.29, 0.717) is 26.1 Å². The molecule has 1 aromatic carbocycles. The van der Waals surface area contributed by atoms with E-state index >= 15 is 0 Å². The zero-order chi connectivity index (χ0) is 13.4. The molecule has 1 amide bonds. The van der Waals surface area contributed by atoms with Gasteiger partial charge in [0.1, 0.15) is 24.1 Å². The third-order valence-corrected chi connectivity index (χ3v) is 3.98. The van der Waals surface area contributed by atoms with E-state index in [1.165, 1.54) is 0 Å². The van der Waals surface area contributed by atoms with Crippen LogP contribution in [0.5, 0.6) is 5.75 Å². The highest BCUT2D eigenvalue weighted by atomic mass is 16.5. The first kappa shape index (κ1) is 12.2. The number of likely N-dealkylation sites (tertiary alicyclic amines) is 1. The summed E-state index contributed by atoms with van der Waals surface area (Å²) in [5.74, 6) is 0.894. The molecule has 19 heavy (non-hydrogen) atoms. The van der Waals surface area contributed by atoms with Crippen LogP contribution in [0.25, 0.3) is 0 Å². The standard InChI is InChI=1S/C15H17NO3/c1-10-8-16(7-6-13(10)17)15(18)12-9-19-14-5-3-2-4-11(12)14/h2-5,10,12H,6-9H2,1H3. The van der Waals surface area contributed by atoms with Crippen molar-refractivity contribution in [1.82, 2.24) is 4.90 Å². The van der Waals surface area contributed by atoms with Crippen molar-refractivity contribution in [2.24, 2.45) is 5.92 Å². The lowest BCUT2D eigenvalue weighted by Crippen LogP contribution is -2.45. The Labute approximate surface area is 112 Å². The second-order valence-corrected chi connectivity index (χ2v) is 5.30. The molecule has 0 N–H and O–H groups in total. The second kappa shape index (κ2) is 4.68. The fourth-order valence-electron chi connectivity index (χ4n) is 2.80. The molecule has 1 saturated heterocycles. The Bertz CT molecular complexity index is 526. The zero-order valence-electron chi connectivity index (χ0n) is 11.0. The number of rotatable bonds is 1. The summed E-state index contributed by atoms with van der Waals surface area (Å²) in [6, 6.07) is 7.68. The van der Waals surface area contributed by atoms with Crippen LogP contribution in [0.1, 0.15) is 24.8 Å². The van der Waals surface area contributed by atoms with E-state index < -0.39 is 0 Å². The molecular formula is C15H17NO3. The lowest BCUT2D eigenvalue weighted by molar-refractivity contribution is -0.138. The minimum atomic E-state index is -0.211. The van der Waals surface area contributed by atoms with Crippen molar-refractivity contribution in [1.29, 1.82) is 0 Å². The zero-order valence-corrected chi connectivity index (χ0v) is 11.0. The van der Waals surface area contributed by atoms with E-state index in [9.17, 15) is 9.59 Å². The van der Waals surface area contributed by atoms with Crippen molar-refractivity contribution < 1.29 is 14.3 Å². The quantitative estimate of drug-likeness (QED) is 0.769. The third-order valence-electron chi connectivity index (χ3n) is 3.98. The lowest BCUT2D eigenvalue weighted by atomic mass is 9.95. The minimum Gasteiger partial charge on any atom is -0.492 e. The van der Waals surface area contributed by atoms with Gasteiger partial charge in [-0.1, -0.05) is 25.1 Å². The van der Waals surface area contributed by atoms with Crippen molar-refractivity contribution in [2.45, 2.75) is 19.3 Å². The smallest absolute Gasteiger partial charge is 0.233 e. The van der Waals surface area contributed by atoms with Gasteiger partial charge in [-0.25, -0.2) is 0 Å². The van der Waals surface area contributed by atoms with E-state index in [-0.39, 0.29) is 23.5 Å². The molecule has 0 bridgehead atoms. The van der Waals surface area contributed by atoms with Crippen molar-refractivity contribution in [3.63, 3.8) is 0 Å². The fourth-order valence-corrected chi connectivity index (χ4v) is 2.80. The molecule has 2 unspecified atom stereocenters. The lowest BCUT2D eigenvalue weighted by Gasteiger charge is -2.31. The maximum atomic E-state index is 12.5. The van der Waals surface area contributed by atoms with Crippen LogP contribution in [0.2, 0.25) is 0 Å². The summed E-state index contributed by atoms with van der Waals surface area (Å²) in [6.45, 7) is 3.38. The second-order valence-electron chi connectivity index (χ2n) is 5.30. The number of carbonyl (C=O) groups excluding carboxylic acids is 2.